The van der Waals surface area contributed by atoms with Gasteiger partial charge in [0.05, 0.1) is 5.56 Å². The number of hydrogen-bond donors (Lipinski definition) is 1. The quantitative estimate of drug-likeness (QED) is 0.938. The smallest absolute Gasteiger partial charge is 0.335 e. The van der Waals surface area contributed by atoms with Gasteiger partial charge in [-0.3, -0.25) is 0 Å². The first-order chi connectivity index (χ1) is 9.63. The number of fused-ring (bicyclic) bond motifs is 1. The van der Waals surface area contributed by atoms with Crippen molar-refractivity contribution in [1.29, 1.82) is 0 Å². The van der Waals surface area contributed by atoms with Crippen LogP contribution in [0.15, 0.2) is 42.5 Å². The predicted octanol–water partition coefficient (Wildman–Crippen LogP) is 3.60. The van der Waals surface area contributed by atoms with E-state index in [1.807, 2.05) is 24.3 Å². The lowest BCUT2D eigenvalue weighted by Crippen LogP contribution is -2.19. The van der Waals surface area contributed by atoms with Gasteiger partial charge in [0.2, 0.25) is 0 Å². The van der Waals surface area contributed by atoms with Crippen molar-refractivity contribution < 1.29 is 9.90 Å². The van der Waals surface area contributed by atoms with E-state index in [1.165, 1.54) is 11.3 Å². The summed E-state index contributed by atoms with van der Waals surface area (Å²) in [6, 6.07) is 13.0. The van der Waals surface area contributed by atoms with E-state index in [4.69, 9.17) is 16.7 Å². The van der Waals surface area contributed by atoms with Crippen LogP contribution in [0.5, 0.6) is 0 Å². The van der Waals surface area contributed by atoms with Crippen molar-refractivity contribution in [3.05, 3.63) is 64.2 Å². The molecule has 1 N–H and O–H groups in total. The number of aromatic carboxylic acids is 1. The summed E-state index contributed by atoms with van der Waals surface area (Å²) in [4.78, 5) is 13.1. The Bertz CT molecular complexity index is 652. The first-order valence-corrected chi connectivity index (χ1v) is 6.87. The molecule has 20 heavy (non-hydrogen) atoms. The molecule has 0 atom stereocenters. The Morgan fingerprint density at radius 3 is 2.65 bits per heavy atom. The number of rotatable bonds is 3. The van der Waals surface area contributed by atoms with E-state index in [-0.39, 0.29) is 0 Å². The number of carboxylic acids is 1. The van der Waals surface area contributed by atoms with E-state index in [0.29, 0.717) is 5.56 Å². The lowest BCUT2D eigenvalue weighted by molar-refractivity contribution is 0.0697. The second kappa shape index (κ2) is 5.17. The molecule has 0 amide bonds. The normalized spacial score (nSPS) is 13.3. The maximum atomic E-state index is 10.8. The van der Waals surface area contributed by atoms with Crippen LogP contribution in [0.4, 0.5) is 5.69 Å². The zero-order valence-corrected chi connectivity index (χ0v) is 11.6. The molecule has 1 aliphatic heterocycles. The first-order valence-electron chi connectivity index (χ1n) is 6.49. The van der Waals surface area contributed by atoms with E-state index in [2.05, 4.69) is 11.0 Å². The molecule has 0 aromatic heterocycles. The Balaban J connectivity index is 1.78. The van der Waals surface area contributed by atoms with Crippen LogP contribution >= 0.6 is 11.6 Å². The Kier molecular flexibility index (Phi) is 3.36. The van der Waals surface area contributed by atoms with Crippen molar-refractivity contribution in [2.24, 2.45) is 0 Å². The Morgan fingerprint density at radius 1 is 1.20 bits per heavy atom. The molecular weight excluding hydrogens is 274 g/mol. The zero-order valence-electron chi connectivity index (χ0n) is 10.8. The van der Waals surface area contributed by atoms with E-state index < -0.39 is 5.97 Å². The first kappa shape index (κ1) is 13.0. The summed E-state index contributed by atoms with van der Waals surface area (Å²) in [5.74, 6) is -0.891. The topological polar surface area (TPSA) is 40.5 Å². The number of carboxylic acid groups (broad SMARTS) is 1. The minimum Gasteiger partial charge on any atom is -0.478 e. The van der Waals surface area contributed by atoms with Gasteiger partial charge in [-0.25, -0.2) is 4.79 Å². The fraction of sp³-hybridized carbons (Fsp3) is 0.188. The molecule has 3 nitrogen and oxygen atoms in total. The van der Waals surface area contributed by atoms with Crippen LogP contribution in [0.1, 0.15) is 21.5 Å². The number of hydrogen-bond acceptors (Lipinski definition) is 2. The van der Waals surface area contributed by atoms with Crippen LogP contribution in [0.25, 0.3) is 0 Å². The third kappa shape index (κ3) is 2.49. The van der Waals surface area contributed by atoms with Crippen LogP contribution < -0.4 is 4.90 Å². The molecule has 1 aliphatic rings. The third-order valence-electron chi connectivity index (χ3n) is 3.61. The second-order valence-corrected chi connectivity index (χ2v) is 5.38. The number of carbonyl (C=O) groups is 1. The van der Waals surface area contributed by atoms with Gasteiger partial charge >= 0.3 is 5.97 Å². The lowest BCUT2D eigenvalue weighted by Gasteiger charge is -2.19. The van der Waals surface area contributed by atoms with Crippen molar-refractivity contribution in [3.8, 4) is 0 Å². The molecule has 0 saturated carbocycles. The molecule has 2 aromatic carbocycles. The van der Waals surface area contributed by atoms with Gasteiger partial charge < -0.3 is 10.0 Å². The largest absolute Gasteiger partial charge is 0.478 e. The average molecular weight is 288 g/mol. The Morgan fingerprint density at radius 2 is 1.95 bits per heavy atom. The van der Waals surface area contributed by atoms with Gasteiger partial charge in [-0.05, 0) is 47.9 Å². The van der Waals surface area contributed by atoms with Crippen LogP contribution in [0.3, 0.4) is 0 Å². The second-order valence-electron chi connectivity index (χ2n) is 4.95. The minimum atomic E-state index is -0.891. The van der Waals surface area contributed by atoms with E-state index in [9.17, 15) is 4.79 Å². The lowest BCUT2D eigenvalue weighted by atomic mass is 10.1. The highest BCUT2D eigenvalue weighted by Crippen LogP contribution is 2.31. The SMILES string of the molecule is O=C(O)c1ccc(CN2CCc3cc(Cl)ccc32)cc1. The molecule has 0 radical (unpaired) electrons. The number of anilines is 1. The Labute approximate surface area is 122 Å². The van der Waals surface area contributed by atoms with Crippen molar-refractivity contribution in [2.45, 2.75) is 13.0 Å². The van der Waals surface area contributed by atoms with Crippen LogP contribution in [-0.2, 0) is 13.0 Å². The Hall–Kier alpha value is -2.00. The minimum absolute atomic E-state index is 0.322. The van der Waals surface area contributed by atoms with Crippen molar-refractivity contribution in [1.82, 2.24) is 0 Å². The molecule has 0 saturated heterocycles. The average Bonchev–Trinajstić information content (AvgIpc) is 2.81. The summed E-state index contributed by atoms with van der Waals surface area (Å²) >= 11 is 6.00. The van der Waals surface area contributed by atoms with Crippen molar-refractivity contribution in [2.75, 3.05) is 11.4 Å². The van der Waals surface area contributed by atoms with E-state index >= 15 is 0 Å². The summed E-state index contributed by atoms with van der Waals surface area (Å²) < 4.78 is 0. The van der Waals surface area contributed by atoms with E-state index in [0.717, 1.165) is 30.1 Å². The summed E-state index contributed by atoms with van der Waals surface area (Å²) in [7, 11) is 0. The highest BCUT2D eigenvalue weighted by molar-refractivity contribution is 6.30. The van der Waals surface area contributed by atoms with Gasteiger partial charge in [-0.2, -0.15) is 0 Å². The molecule has 1 heterocycles. The predicted molar refractivity (Wildman–Crippen MR) is 79.6 cm³/mol. The molecule has 3 rings (SSSR count). The maximum Gasteiger partial charge on any atom is 0.335 e. The van der Waals surface area contributed by atoms with Crippen LogP contribution in [0.2, 0.25) is 5.02 Å². The number of benzene rings is 2. The fourth-order valence-electron chi connectivity index (χ4n) is 2.58. The van der Waals surface area contributed by atoms with Gasteiger partial charge in [0.1, 0.15) is 0 Å². The summed E-state index contributed by atoms with van der Waals surface area (Å²) in [5, 5.41) is 9.67. The van der Waals surface area contributed by atoms with Crippen molar-refractivity contribution in [3.63, 3.8) is 0 Å². The number of nitrogens with zero attached hydrogens (tertiary/aromatic N) is 1. The maximum absolute atomic E-state index is 10.8. The standard InChI is InChI=1S/C16H14ClNO2/c17-14-5-6-15-13(9-14)7-8-18(15)10-11-1-3-12(4-2-11)16(19)20/h1-6,9H,7-8,10H2,(H,19,20). The molecular formula is C16H14ClNO2. The highest BCUT2D eigenvalue weighted by Gasteiger charge is 2.19. The fourth-order valence-corrected chi connectivity index (χ4v) is 2.77. The number of halogens is 1. The van der Waals surface area contributed by atoms with Gasteiger partial charge in [-0.15, -0.1) is 0 Å². The molecule has 0 fully saturated rings. The van der Waals surface area contributed by atoms with E-state index in [1.54, 1.807) is 12.1 Å². The van der Waals surface area contributed by atoms with Gasteiger partial charge in [0.25, 0.3) is 0 Å². The highest BCUT2D eigenvalue weighted by atomic mass is 35.5. The molecule has 4 heteroatoms. The zero-order chi connectivity index (χ0) is 14.1. The molecule has 0 spiro atoms. The molecule has 0 bridgehead atoms. The summed E-state index contributed by atoms with van der Waals surface area (Å²) in [6.45, 7) is 1.75. The van der Waals surface area contributed by atoms with Crippen LogP contribution in [-0.4, -0.2) is 17.6 Å². The van der Waals surface area contributed by atoms with Crippen LogP contribution in [0, 0.1) is 0 Å². The third-order valence-corrected chi connectivity index (χ3v) is 3.84. The monoisotopic (exact) mass is 287 g/mol. The molecule has 102 valence electrons. The van der Waals surface area contributed by atoms with Gasteiger partial charge in [-0.1, -0.05) is 23.7 Å². The van der Waals surface area contributed by atoms with Crippen molar-refractivity contribution >= 4 is 23.3 Å². The van der Waals surface area contributed by atoms with Gasteiger partial charge in [0, 0.05) is 23.8 Å². The molecule has 2 aromatic rings. The molecule has 0 unspecified atom stereocenters. The van der Waals surface area contributed by atoms with Gasteiger partial charge in [0.15, 0.2) is 0 Å². The molecule has 0 aliphatic carbocycles. The summed E-state index contributed by atoms with van der Waals surface area (Å²) in [5.41, 5.74) is 3.93. The summed E-state index contributed by atoms with van der Waals surface area (Å²) in [6.07, 6.45) is 1.00.